The molecule has 0 aliphatic heterocycles. The minimum absolute atomic E-state index is 0.147. The van der Waals surface area contributed by atoms with Crippen molar-refractivity contribution in [2.75, 3.05) is 18.4 Å². The number of benzene rings is 1. The average molecular weight is 400 g/mol. The van der Waals surface area contributed by atoms with Gasteiger partial charge in [0.25, 0.3) is 0 Å². The summed E-state index contributed by atoms with van der Waals surface area (Å²) in [7, 11) is -3.50. The number of hydrogen-bond donors (Lipinski definition) is 2. The Bertz CT molecular complexity index is 695. The number of amides is 1. The first kappa shape index (κ1) is 22.5. The molecule has 1 aromatic rings. The predicted octanol–water partition coefficient (Wildman–Crippen LogP) is 3.36. The van der Waals surface area contributed by atoms with Crippen LogP contribution in [0.3, 0.4) is 0 Å². The van der Waals surface area contributed by atoms with E-state index in [1.54, 1.807) is 24.3 Å². The standard InChI is InChI=1S/C18H29N3O3S2/c1-5-11-21(12-6-2)26(23,24)16-9-7-15(8-10-16)19-18(25)20-17(22)13-14(3)4/h7-10,14H,5-6,11-13H2,1-4H3,(H2,19,20,22,25). The Labute approximate surface area is 162 Å². The molecule has 0 atom stereocenters. The molecular formula is C18H29N3O3S2. The summed E-state index contributed by atoms with van der Waals surface area (Å²) in [4.78, 5) is 12.0. The van der Waals surface area contributed by atoms with Crippen LogP contribution in [0.4, 0.5) is 5.69 Å². The number of nitrogens with zero attached hydrogens (tertiary/aromatic N) is 1. The number of rotatable bonds is 9. The van der Waals surface area contributed by atoms with Crippen molar-refractivity contribution < 1.29 is 13.2 Å². The Morgan fingerprint density at radius 1 is 1.12 bits per heavy atom. The summed E-state index contributed by atoms with van der Waals surface area (Å²) in [5, 5.41) is 5.71. The van der Waals surface area contributed by atoms with Crippen molar-refractivity contribution in [2.45, 2.75) is 51.9 Å². The van der Waals surface area contributed by atoms with Gasteiger partial charge in [0.05, 0.1) is 4.90 Å². The van der Waals surface area contributed by atoms with E-state index in [2.05, 4.69) is 10.6 Å². The van der Waals surface area contributed by atoms with Gasteiger partial charge in [-0.15, -0.1) is 0 Å². The largest absolute Gasteiger partial charge is 0.332 e. The average Bonchev–Trinajstić information content (AvgIpc) is 2.54. The Morgan fingerprint density at radius 2 is 1.65 bits per heavy atom. The number of anilines is 1. The molecule has 0 saturated carbocycles. The van der Waals surface area contributed by atoms with Crippen molar-refractivity contribution in [2.24, 2.45) is 5.92 Å². The lowest BCUT2D eigenvalue weighted by Crippen LogP contribution is -2.34. The number of hydrogen-bond acceptors (Lipinski definition) is 4. The Morgan fingerprint density at radius 3 is 2.12 bits per heavy atom. The number of thiocarbonyl (C=S) groups is 1. The van der Waals surface area contributed by atoms with Crippen molar-refractivity contribution in [1.82, 2.24) is 9.62 Å². The molecule has 1 aromatic carbocycles. The van der Waals surface area contributed by atoms with Gasteiger partial charge in [0.2, 0.25) is 15.9 Å². The fourth-order valence-electron chi connectivity index (χ4n) is 2.42. The molecule has 0 aromatic heterocycles. The van der Waals surface area contributed by atoms with E-state index in [9.17, 15) is 13.2 Å². The molecule has 1 rings (SSSR count). The number of carbonyl (C=O) groups excluding carboxylic acids is 1. The fraction of sp³-hybridized carbons (Fsp3) is 0.556. The van der Waals surface area contributed by atoms with E-state index in [4.69, 9.17) is 12.2 Å². The van der Waals surface area contributed by atoms with Crippen molar-refractivity contribution in [3.8, 4) is 0 Å². The highest BCUT2D eigenvalue weighted by Crippen LogP contribution is 2.19. The third-order valence-corrected chi connectivity index (χ3v) is 5.66. The molecule has 6 nitrogen and oxygen atoms in total. The maximum absolute atomic E-state index is 12.7. The number of carbonyl (C=O) groups is 1. The molecule has 0 aliphatic carbocycles. The van der Waals surface area contributed by atoms with Crippen LogP contribution in [-0.4, -0.2) is 36.8 Å². The molecule has 0 aliphatic rings. The van der Waals surface area contributed by atoms with Gasteiger partial charge in [0.15, 0.2) is 5.11 Å². The first-order chi connectivity index (χ1) is 12.2. The molecular weight excluding hydrogens is 370 g/mol. The first-order valence-electron chi connectivity index (χ1n) is 8.91. The molecule has 1 amide bonds. The summed E-state index contributed by atoms with van der Waals surface area (Å²) in [6, 6.07) is 6.39. The summed E-state index contributed by atoms with van der Waals surface area (Å²) >= 11 is 5.11. The highest BCUT2D eigenvalue weighted by molar-refractivity contribution is 7.89. The van der Waals surface area contributed by atoms with E-state index in [1.165, 1.54) is 4.31 Å². The van der Waals surface area contributed by atoms with Crippen molar-refractivity contribution >= 4 is 38.9 Å². The second-order valence-corrected chi connectivity index (χ2v) is 8.87. The highest BCUT2D eigenvalue weighted by atomic mass is 32.2. The molecule has 0 radical (unpaired) electrons. The summed E-state index contributed by atoms with van der Waals surface area (Å²) in [6.07, 6.45) is 1.93. The third-order valence-electron chi connectivity index (χ3n) is 3.54. The molecule has 2 N–H and O–H groups in total. The zero-order valence-electron chi connectivity index (χ0n) is 15.9. The van der Waals surface area contributed by atoms with Gasteiger partial charge in [0.1, 0.15) is 0 Å². The first-order valence-corrected chi connectivity index (χ1v) is 10.8. The summed E-state index contributed by atoms with van der Waals surface area (Å²) < 4.78 is 26.9. The topological polar surface area (TPSA) is 78.5 Å². The number of nitrogens with one attached hydrogen (secondary N) is 2. The summed E-state index contributed by atoms with van der Waals surface area (Å²) in [5.41, 5.74) is 0.622. The van der Waals surface area contributed by atoms with Crippen LogP contribution in [0.2, 0.25) is 0 Å². The minimum Gasteiger partial charge on any atom is -0.332 e. The quantitative estimate of drug-likeness (QED) is 0.623. The lowest BCUT2D eigenvalue weighted by molar-refractivity contribution is -0.120. The molecule has 8 heteroatoms. The van der Waals surface area contributed by atoms with Gasteiger partial charge in [-0.3, -0.25) is 4.79 Å². The SMILES string of the molecule is CCCN(CCC)S(=O)(=O)c1ccc(NC(=S)NC(=O)CC(C)C)cc1. The second kappa shape index (κ2) is 10.6. The Hall–Kier alpha value is -1.51. The van der Waals surface area contributed by atoms with Gasteiger partial charge in [-0.1, -0.05) is 27.7 Å². The normalized spacial score (nSPS) is 11.6. The molecule has 0 spiro atoms. The van der Waals surface area contributed by atoms with Gasteiger partial charge < -0.3 is 10.6 Å². The van der Waals surface area contributed by atoms with Crippen LogP contribution in [0.5, 0.6) is 0 Å². The van der Waals surface area contributed by atoms with E-state index in [1.807, 2.05) is 27.7 Å². The van der Waals surface area contributed by atoms with Crippen LogP contribution in [0, 0.1) is 5.92 Å². The minimum atomic E-state index is -3.50. The van der Waals surface area contributed by atoms with E-state index in [-0.39, 0.29) is 21.8 Å². The van der Waals surface area contributed by atoms with Gasteiger partial charge in [-0.2, -0.15) is 4.31 Å². The Balaban J connectivity index is 2.78. The second-order valence-electron chi connectivity index (χ2n) is 6.53. The zero-order valence-corrected chi connectivity index (χ0v) is 17.5. The van der Waals surface area contributed by atoms with Gasteiger partial charge in [-0.25, -0.2) is 8.42 Å². The van der Waals surface area contributed by atoms with E-state index < -0.39 is 10.0 Å². The van der Waals surface area contributed by atoms with Crippen LogP contribution in [0.1, 0.15) is 47.0 Å². The van der Waals surface area contributed by atoms with Crippen LogP contribution < -0.4 is 10.6 Å². The summed E-state index contributed by atoms with van der Waals surface area (Å²) in [5.74, 6) is 0.1000. The maximum Gasteiger partial charge on any atom is 0.243 e. The monoisotopic (exact) mass is 399 g/mol. The van der Waals surface area contributed by atoms with E-state index in [0.29, 0.717) is 25.2 Å². The highest BCUT2D eigenvalue weighted by Gasteiger charge is 2.22. The van der Waals surface area contributed by atoms with Gasteiger partial charge in [0, 0.05) is 25.2 Å². The summed E-state index contributed by atoms with van der Waals surface area (Å²) in [6.45, 7) is 8.83. The maximum atomic E-state index is 12.7. The Kier molecular flexibility index (Phi) is 9.18. The van der Waals surface area contributed by atoms with E-state index >= 15 is 0 Å². The lowest BCUT2D eigenvalue weighted by Gasteiger charge is -2.21. The molecule has 0 bridgehead atoms. The molecule has 146 valence electrons. The van der Waals surface area contributed by atoms with Crippen LogP contribution in [0.15, 0.2) is 29.2 Å². The van der Waals surface area contributed by atoms with Crippen molar-refractivity contribution in [1.29, 1.82) is 0 Å². The molecule has 0 fully saturated rings. The predicted molar refractivity (Wildman–Crippen MR) is 110 cm³/mol. The fourth-order valence-corrected chi connectivity index (χ4v) is 4.28. The van der Waals surface area contributed by atoms with Gasteiger partial charge >= 0.3 is 0 Å². The molecule has 0 heterocycles. The molecule has 26 heavy (non-hydrogen) atoms. The molecule has 0 unspecified atom stereocenters. The van der Waals surface area contributed by atoms with Crippen LogP contribution in [-0.2, 0) is 14.8 Å². The zero-order chi connectivity index (χ0) is 19.7. The van der Waals surface area contributed by atoms with Crippen molar-refractivity contribution in [3.63, 3.8) is 0 Å². The van der Waals surface area contributed by atoms with Crippen molar-refractivity contribution in [3.05, 3.63) is 24.3 Å². The molecule has 0 saturated heterocycles. The van der Waals surface area contributed by atoms with Gasteiger partial charge in [-0.05, 0) is 55.2 Å². The lowest BCUT2D eigenvalue weighted by atomic mass is 10.1. The number of sulfonamides is 1. The van der Waals surface area contributed by atoms with E-state index in [0.717, 1.165) is 12.8 Å². The van der Waals surface area contributed by atoms with Crippen LogP contribution in [0.25, 0.3) is 0 Å². The third kappa shape index (κ3) is 7.01. The smallest absolute Gasteiger partial charge is 0.243 e. The van der Waals surface area contributed by atoms with Crippen LogP contribution >= 0.6 is 12.2 Å².